The van der Waals surface area contributed by atoms with Crippen LogP contribution in [0.4, 0.5) is 13.2 Å². The van der Waals surface area contributed by atoms with E-state index in [9.17, 15) is 13.2 Å². The molecule has 1 aromatic carbocycles. The first-order valence-electron chi connectivity index (χ1n) is 7.87. The van der Waals surface area contributed by atoms with Crippen molar-refractivity contribution < 1.29 is 13.2 Å². The second kappa shape index (κ2) is 5.98. The highest BCUT2D eigenvalue weighted by Crippen LogP contribution is 2.33. The summed E-state index contributed by atoms with van der Waals surface area (Å²) in [5.74, 6) is -0.390. The van der Waals surface area contributed by atoms with Crippen LogP contribution in [-0.2, 0) is 7.05 Å². The average molecular weight is 357 g/mol. The van der Waals surface area contributed by atoms with Crippen LogP contribution in [0.5, 0.6) is 0 Å². The van der Waals surface area contributed by atoms with E-state index < -0.39 is 6.43 Å². The molecule has 4 aromatic rings. The van der Waals surface area contributed by atoms with E-state index in [1.807, 2.05) is 0 Å². The molecule has 0 aliphatic carbocycles. The molecule has 3 aromatic heterocycles. The number of aromatic nitrogens is 5. The predicted octanol–water partition coefficient (Wildman–Crippen LogP) is 4.21. The molecular weight excluding hydrogens is 343 g/mol. The lowest BCUT2D eigenvalue weighted by molar-refractivity contribution is 0.153. The molecule has 0 bridgehead atoms. The lowest BCUT2D eigenvalue weighted by Gasteiger charge is -2.07. The van der Waals surface area contributed by atoms with Gasteiger partial charge in [0.25, 0.3) is 6.43 Å². The number of alkyl halides is 2. The smallest absolute Gasteiger partial charge is 0.264 e. The standard InChI is InChI=1S/C18H14F3N5/c1-10-16-14(17(20)21)7-15(11-8-22-25(2)9-11)23-18(16)26(24-10)13-5-3-12(19)4-6-13/h3-9,17H,1-2H3. The number of aryl methyl sites for hydroxylation is 2. The molecule has 0 spiro atoms. The van der Waals surface area contributed by atoms with Crippen molar-refractivity contribution in [2.45, 2.75) is 13.3 Å². The minimum atomic E-state index is -2.68. The molecule has 0 fully saturated rings. The molecule has 0 amide bonds. The van der Waals surface area contributed by atoms with Crippen LogP contribution in [0, 0.1) is 12.7 Å². The summed E-state index contributed by atoms with van der Waals surface area (Å²) in [6.07, 6.45) is 0.588. The van der Waals surface area contributed by atoms with Crippen LogP contribution in [0.15, 0.2) is 42.7 Å². The Morgan fingerprint density at radius 3 is 2.46 bits per heavy atom. The largest absolute Gasteiger partial charge is 0.275 e. The molecule has 3 heterocycles. The molecule has 132 valence electrons. The molecule has 8 heteroatoms. The first kappa shape index (κ1) is 16.3. The van der Waals surface area contributed by atoms with Gasteiger partial charge in [0.2, 0.25) is 0 Å². The molecule has 0 atom stereocenters. The molecule has 4 rings (SSSR count). The highest BCUT2D eigenvalue weighted by Gasteiger charge is 2.22. The monoisotopic (exact) mass is 357 g/mol. The zero-order valence-electron chi connectivity index (χ0n) is 14.0. The van der Waals surface area contributed by atoms with Crippen molar-refractivity contribution in [1.82, 2.24) is 24.5 Å². The summed E-state index contributed by atoms with van der Waals surface area (Å²) in [7, 11) is 1.74. The summed E-state index contributed by atoms with van der Waals surface area (Å²) in [4.78, 5) is 4.54. The summed E-state index contributed by atoms with van der Waals surface area (Å²) in [5.41, 5.74) is 2.14. The Kier molecular flexibility index (Phi) is 3.75. The number of pyridine rings is 1. The van der Waals surface area contributed by atoms with Gasteiger partial charge in [-0.15, -0.1) is 0 Å². The maximum Gasteiger partial charge on any atom is 0.264 e. The Hall–Kier alpha value is -3.16. The number of halogens is 3. The van der Waals surface area contributed by atoms with Crippen LogP contribution in [0.2, 0.25) is 0 Å². The number of hydrogen-bond donors (Lipinski definition) is 0. The first-order chi connectivity index (χ1) is 12.4. The lowest BCUT2D eigenvalue weighted by atomic mass is 10.1. The average Bonchev–Trinajstić information content (AvgIpc) is 3.19. The van der Waals surface area contributed by atoms with Crippen molar-refractivity contribution in [3.8, 4) is 16.9 Å². The number of benzene rings is 1. The molecule has 26 heavy (non-hydrogen) atoms. The van der Waals surface area contributed by atoms with Gasteiger partial charge in [-0.2, -0.15) is 10.2 Å². The summed E-state index contributed by atoms with van der Waals surface area (Å²) in [6, 6.07) is 7.01. The van der Waals surface area contributed by atoms with Crippen LogP contribution in [0.25, 0.3) is 28.0 Å². The number of hydrogen-bond acceptors (Lipinski definition) is 3. The van der Waals surface area contributed by atoms with Crippen LogP contribution in [0.3, 0.4) is 0 Å². The van der Waals surface area contributed by atoms with Crippen LogP contribution >= 0.6 is 0 Å². The lowest BCUT2D eigenvalue weighted by Crippen LogP contribution is -1.99. The van der Waals surface area contributed by atoms with Crippen molar-refractivity contribution in [1.29, 1.82) is 0 Å². The number of fused-ring (bicyclic) bond motifs is 1. The highest BCUT2D eigenvalue weighted by molar-refractivity contribution is 5.86. The van der Waals surface area contributed by atoms with E-state index in [1.54, 1.807) is 31.0 Å². The summed E-state index contributed by atoms with van der Waals surface area (Å²) in [5, 5.41) is 8.72. The maximum atomic E-state index is 13.7. The molecule has 0 aliphatic rings. The van der Waals surface area contributed by atoms with Crippen molar-refractivity contribution in [2.75, 3.05) is 0 Å². The van der Waals surface area contributed by atoms with Gasteiger partial charge >= 0.3 is 0 Å². The van der Waals surface area contributed by atoms with E-state index in [0.29, 0.717) is 33.7 Å². The van der Waals surface area contributed by atoms with Crippen molar-refractivity contribution >= 4 is 11.0 Å². The van der Waals surface area contributed by atoms with Gasteiger partial charge < -0.3 is 0 Å². The Morgan fingerprint density at radius 2 is 1.85 bits per heavy atom. The third kappa shape index (κ3) is 2.63. The minimum Gasteiger partial charge on any atom is -0.275 e. The van der Waals surface area contributed by atoms with E-state index in [2.05, 4.69) is 15.2 Å². The zero-order valence-corrected chi connectivity index (χ0v) is 14.0. The maximum absolute atomic E-state index is 13.7. The SMILES string of the molecule is Cc1nn(-c2ccc(F)cc2)c2nc(-c3cnn(C)c3)cc(C(F)F)c12. The first-order valence-corrected chi connectivity index (χ1v) is 7.87. The molecule has 0 saturated carbocycles. The van der Waals surface area contributed by atoms with Crippen LogP contribution in [0.1, 0.15) is 17.7 Å². The second-order valence-corrected chi connectivity index (χ2v) is 5.97. The molecule has 0 radical (unpaired) electrons. The van der Waals surface area contributed by atoms with Crippen LogP contribution in [-0.4, -0.2) is 24.5 Å². The molecule has 0 N–H and O–H groups in total. The van der Waals surface area contributed by atoms with E-state index in [1.165, 1.54) is 35.0 Å². The summed E-state index contributed by atoms with van der Waals surface area (Å²) >= 11 is 0. The Labute approximate surface area is 146 Å². The predicted molar refractivity (Wildman–Crippen MR) is 90.7 cm³/mol. The van der Waals surface area contributed by atoms with Gasteiger partial charge in [-0.05, 0) is 37.3 Å². The van der Waals surface area contributed by atoms with Gasteiger partial charge in [0.1, 0.15) is 5.82 Å². The highest BCUT2D eigenvalue weighted by atomic mass is 19.3. The van der Waals surface area contributed by atoms with Crippen molar-refractivity contribution in [3.05, 3.63) is 59.8 Å². The normalized spacial score (nSPS) is 11.6. The zero-order chi connectivity index (χ0) is 18.4. The molecule has 5 nitrogen and oxygen atoms in total. The molecule has 0 unspecified atom stereocenters. The molecule has 0 saturated heterocycles. The van der Waals surface area contributed by atoms with E-state index in [0.717, 1.165) is 0 Å². The Bertz CT molecular complexity index is 1100. The van der Waals surface area contributed by atoms with E-state index in [-0.39, 0.29) is 11.4 Å². The topological polar surface area (TPSA) is 48.5 Å². The van der Waals surface area contributed by atoms with E-state index in [4.69, 9.17) is 0 Å². The fourth-order valence-corrected chi connectivity index (χ4v) is 2.96. The quantitative estimate of drug-likeness (QED) is 0.552. The van der Waals surface area contributed by atoms with Gasteiger partial charge in [0.15, 0.2) is 5.65 Å². The molecular formula is C18H14F3N5. The Balaban J connectivity index is 2.02. The summed E-state index contributed by atoms with van der Waals surface area (Å²) < 4.78 is 43.7. The van der Waals surface area contributed by atoms with Gasteiger partial charge in [0, 0.05) is 24.4 Å². The van der Waals surface area contributed by atoms with Crippen molar-refractivity contribution in [2.24, 2.45) is 7.05 Å². The number of nitrogens with zero attached hydrogens (tertiary/aromatic N) is 5. The van der Waals surface area contributed by atoms with Crippen molar-refractivity contribution in [3.63, 3.8) is 0 Å². The number of rotatable bonds is 3. The van der Waals surface area contributed by atoms with Gasteiger partial charge in [-0.1, -0.05) is 0 Å². The molecule has 0 aliphatic heterocycles. The van der Waals surface area contributed by atoms with Gasteiger partial charge in [-0.3, -0.25) is 4.68 Å². The fourth-order valence-electron chi connectivity index (χ4n) is 2.96. The third-order valence-electron chi connectivity index (χ3n) is 4.15. The summed E-state index contributed by atoms with van der Waals surface area (Å²) in [6.45, 7) is 1.65. The van der Waals surface area contributed by atoms with E-state index >= 15 is 0 Å². The van der Waals surface area contributed by atoms with Crippen LogP contribution < -0.4 is 0 Å². The third-order valence-corrected chi connectivity index (χ3v) is 4.15. The second-order valence-electron chi connectivity index (χ2n) is 5.97. The Morgan fingerprint density at radius 1 is 1.12 bits per heavy atom. The van der Waals surface area contributed by atoms with Gasteiger partial charge in [-0.25, -0.2) is 22.8 Å². The minimum absolute atomic E-state index is 0.139. The fraction of sp³-hybridized carbons (Fsp3) is 0.167. The van der Waals surface area contributed by atoms with Gasteiger partial charge in [0.05, 0.1) is 28.7 Å².